The van der Waals surface area contributed by atoms with Gasteiger partial charge in [-0.15, -0.1) is 0 Å². The number of carbonyl (C=O) groups is 3. The van der Waals surface area contributed by atoms with Crippen molar-refractivity contribution in [3.8, 4) is 0 Å². The molecule has 0 bridgehead atoms. The summed E-state index contributed by atoms with van der Waals surface area (Å²) in [5, 5.41) is 0. The number of hydrogen-bond donors (Lipinski definition) is 0. The first-order chi connectivity index (χ1) is 31.5. The van der Waals surface area contributed by atoms with Crippen molar-refractivity contribution < 1.29 is 28.6 Å². The summed E-state index contributed by atoms with van der Waals surface area (Å²) in [5.74, 6) is -0.897. The van der Waals surface area contributed by atoms with E-state index in [1.807, 2.05) is 0 Å². The second-order valence-electron chi connectivity index (χ2n) is 18.5. The van der Waals surface area contributed by atoms with Gasteiger partial charge in [-0.1, -0.05) is 236 Å². The molecule has 0 N–H and O–H groups in total. The second-order valence-corrected chi connectivity index (χ2v) is 18.5. The Morgan fingerprint density at radius 2 is 0.609 bits per heavy atom. The van der Waals surface area contributed by atoms with Crippen molar-refractivity contribution in [2.75, 3.05) is 13.2 Å². The fourth-order valence-corrected chi connectivity index (χ4v) is 7.92. The van der Waals surface area contributed by atoms with Crippen LogP contribution in [0.4, 0.5) is 0 Å². The van der Waals surface area contributed by atoms with Crippen LogP contribution in [0.1, 0.15) is 284 Å². The number of esters is 3. The predicted octanol–water partition coefficient (Wildman–Crippen LogP) is 18.3. The van der Waals surface area contributed by atoms with E-state index in [-0.39, 0.29) is 31.1 Å². The molecule has 64 heavy (non-hydrogen) atoms. The number of hydrogen-bond acceptors (Lipinski definition) is 6. The van der Waals surface area contributed by atoms with Crippen LogP contribution in [0.15, 0.2) is 48.6 Å². The first kappa shape index (κ1) is 61.4. The lowest BCUT2D eigenvalue weighted by Crippen LogP contribution is -2.30. The third-order valence-electron chi connectivity index (χ3n) is 12.1. The SMILES string of the molecule is CC/C=C\C/C=C\C/C=C\CCCCCCCC(=O)OC(COC(=O)CCCCCCCC)COC(=O)CCCCCCCCCCCCCCC/C=C\CCCCCCCCCC. The Balaban J connectivity index is 4.09. The highest BCUT2D eigenvalue weighted by Crippen LogP contribution is 2.16. The van der Waals surface area contributed by atoms with Crippen molar-refractivity contribution >= 4 is 17.9 Å². The van der Waals surface area contributed by atoms with Crippen LogP contribution in [-0.4, -0.2) is 37.2 Å². The molecule has 0 aromatic heterocycles. The maximum atomic E-state index is 12.7. The minimum absolute atomic E-state index is 0.0785. The molecule has 1 atom stereocenters. The van der Waals surface area contributed by atoms with Gasteiger partial charge in [-0.2, -0.15) is 0 Å². The lowest BCUT2D eigenvalue weighted by molar-refractivity contribution is -0.167. The third-order valence-corrected chi connectivity index (χ3v) is 12.1. The maximum absolute atomic E-state index is 12.7. The standard InChI is InChI=1S/C58H104O6/c1-4-7-10-13-16-18-20-22-24-25-26-27-28-29-30-31-32-33-35-36-38-40-42-45-48-51-57(60)63-54-55(53-62-56(59)50-47-44-15-12-9-6-3)64-58(61)52-49-46-43-41-39-37-34-23-21-19-17-14-11-8-5-2/h8,11,17,19,23,25-26,34,55H,4-7,9-10,12-16,18,20-22,24,27-33,35-54H2,1-3H3/b11-8-,19-17-,26-25-,34-23-. The van der Waals surface area contributed by atoms with E-state index < -0.39 is 6.10 Å². The van der Waals surface area contributed by atoms with E-state index in [1.165, 1.54) is 148 Å². The van der Waals surface area contributed by atoms with Crippen LogP contribution in [0.5, 0.6) is 0 Å². The number of allylic oxidation sites excluding steroid dienone is 8. The van der Waals surface area contributed by atoms with E-state index >= 15 is 0 Å². The van der Waals surface area contributed by atoms with Gasteiger partial charge >= 0.3 is 17.9 Å². The molecule has 372 valence electrons. The lowest BCUT2D eigenvalue weighted by Gasteiger charge is -2.18. The van der Waals surface area contributed by atoms with Crippen LogP contribution >= 0.6 is 0 Å². The Kier molecular flexibility index (Phi) is 50.8. The average molecular weight is 897 g/mol. The molecule has 0 heterocycles. The summed E-state index contributed by atoms with van der Waals surface area (Å²) >= 11 is 0. The van der Waals surface area contributed by atoms with Crippen molar-refractivity contribution in [1.82, 2.24) is 0 Å². The fourth-order valence-electron chi connectivity index (χ4n) is 7.92. The van der Waals surface area contributed by atoms with E-state index in [0.29, 0.717) is 19.3 Å². The van der Waals surface area contributed by atoms with Crippen LogP contribution in [-0.2, 0) is 28.6 Å². The largest absolute Gasteiger partial charge is 0.462 e. The highest BCUT2D eigenvalue weighted by Gasteiger charge is 2.19. The Bertz CT molecular complexity index is 1120. The van der Waals surface area contributed by atoms with Gasteiger partial charge in [-0.25, -0.2) is 0 Å². The lowest BCUT2D eigenvalue weighted by atomic mass is 10.0. The number of carbonyl (C=O) groups excluding carboxylic acids is 3. The Hall–Kier alpha value is -2.63. The monoisotopic (exact) mass is 897 g/mol. The van der Waals surface area contributed by atoms with Crippen molar-refractivity contribution in [2.24, 2.45) is 0 Å². The molecule has 0 radical (unpaired) electrons. The van der Waals surface area contributed by atoms with Gasteiger partial charge < -0.3 is 14.2 Å². The molecule has 0 aliphatic carbocycles. The molecular formula is C58H104O6. The van der Waals surface area contributed by atoms with Gasteiger partial charge in [-0.3, -0.25) is 14.4 Å². The van der Waals surface area contributed by atoms with Crippen molar-refractivity contribution in [3.63, 3.8) is 0 Å². The second kappa shape index (κ2) is 53.0. The first-order valence-corrected chi connectivity index (χ1v) is 27.6. The van der Waals surface area contributed by atoms with Crippen LogP contribution < -0.4 is 0 Å². The normalized spacial score (nSPS) is 12.4. The van der Waals surface area contributed by atoms with Gasteiger partial charge in [0.1, 0.15) is 13.2 Å². The molecule has 0 saturated carbocycles. The Morgan fingerprint density at radius 3 is 0.969 bits per heavy atom. The zero-order chi connectivity index (χ0) is 46.5. The molecule has 0 spiro atoms. The highest BCUT2D eigenvalue weighted by molar-refractivity contribution is 5.71. The Labute approximate surface area is 397 Å². The van der Waals surface area contributed by atoms with Gasteiger partial charge in [0.25, 0.3) is 0 Å². The van der Waals surface area contributed by atoms with Crippen molar-refractivity contribution in [3.05, 3.63) is 48.6 Å². The summed E-state index contributed by atoms with van der Waals surface area (Å²) in [7, 11) is 0. The zero-order valence-electron chi connectivity index (χ0n) is 42.6. The average Bonchev–Trinajstić information content (AvgIpc) is 3.29. The molecule has 0 aromatic rings. The first-order valence-electron chi connectivity index (χ1n) is 27.6. The summed E-state index contributed by atoms with van der Waals surface area (Å²) in [4.78, 5) is 37.8. The van der Waals surface area contributed by atoms with Gasteiger partial charge in [0.2, 0.25) is 0 Å². The van der Waals surface area contributed by atoms with Gasteiger partial charge in [0, 0.05) is 19.3 Å². The number of unbranched alkanes of at least 4 members (excludes halogenated alkanes) is 31. The van der Waals surface area contributed by atoms with E-state index in [0.717, 1.165) is 96.3 Å². The van der Waals surface area contributed by atoms with Crippen molar-refractivity contribution in [2.45, 2.75) is 290 Å². The van der Waals surface area contributed by atoms with E-state index in [1.54, 1.807) is 0 Å². The maximum Gasteiger partial charge on any atom is 0.306 e. The highest BCUT2D eigenvalue weighted by atomic mass is 16.6. The smallest absolute Gasteiger partial charge is 0.306 e. The quantitative estimate of drug-likeness (QED) is 0.0262. The molecule has 0 amide bonds. The molecule has 0 rings (SSSR count). The van der Waals surface area contributed by atoms with E-state index in [2.05, 4.69) is 69.4 Å². The summed E-state index contributed by atoms with van der Waals surface area (Å²) in [6, 6.07) is 0. The molecule has 0 aliphatic rings. The third kappa shape index (κ3) is 50.4. The summed E-state index contributed by atoms with van der Waals surface area (Å²) in [6.45, 7) is 6.47. The number of rotatable bonds is 50. The van der Waals surface area contributed by atoms with Gasteiger partial charge in [-0.05, 0) is 77.0 Å². The molecular weight excluding hydrogens is 793 g/mol. The number of ether oxygens (including phenoxy) is 3. The minimum Gasteiger partial charge on any atom is -0.462 e. The minimum atomic E-state index is -0.777. The van der Waals surface area contributed by atoms with Gasteiger partial charge in [0.05, 0.1) is 0 Å². The van der Waals surface area contributed by atoms with Crippen LogP contribution in [0.2, 0.25) is 0 Å². The molecule has 0 aromatic carbocycles. The molecule has 0 fully saturated rings. The summed E-state index contributed by atoms with van der Waals surface area (Å²) < 4.78 is 16.7. The molecule has 6 nitrogen and oxygen atoms in total. The Morgan fingerprint density at radius 1 is 0.328 bits per heavy atom. The van der Waals surface area contributed by atoms with Crippen LogP contribution in [0.25, 0.3) is 0 Å². The fraction of sp³-hybridized carbons (Fsp3) is 0.810. The molecule has 0 saturated heterocycles. The topological polar surface area (TPSA) is 78.9 Å². The van der Waals surface area contributed by atoms with Crippen molar-refractivity contribution in [1.29, 1.82) is 0 Å². The van der Waals surface area contributed by atoms with Crippen LogP contribution in [0.3, 0.4) is 0 Å². The molecule has 0 aliphatic heterocycles. The summed E-state index contributed by atoms with van der Waals surface area (Å²) in [5.41, 5.74) is 0. The summed E-state index contributed by atoms with van der Waals surface area (Å²) in [6.07, 6.45) is 64.3. The van der Waals surface area contributed by atoms with Crippen LogP contribution in [0, 0.1) is 0 Å². The molecule has 6 heteroatoms. The molecule has 1 unspecified atom stereocenters. The van der Waals surface area contributed by atoms with E-state index in [4.69, 9.17) is 14.2 Å². The zero-order valence-corrected chi connectivity index (χ0v) is 42.6. The predicted molar refractivity (Wildman–Crippen MR) is 275 cm³/mol. The van der Waals surface area contributed by atoms with E-state index in [9.17, 15) is 14.4 Å². The van der Waals surface area contributed by atoms with Gasteiger partial charge in [0.15, 0.2) is 6.10 Å².